The monoisotopic (exact) mass is 1330 g/mol. The van der Waals surface area contributed by atoms with Crippen LogP contribution in [0.15, 0.2) is 233 Å². The number of hydrogen-bond donors (Lipinski definition) is 4. The molecule has 12 rings (SSSR count). The molecule has 0 radical (unpaired) electrons. The second kappa shape index (κ2) is 33.5. The number of unbranched alkanes of at least 4 members (excludes halogenated alkanes) is 1. The lowest BCUT2D eigenvalue weighted by molar-refractivity contribution is -0.121. The van der Waals surface area contributed by atoms with Gasteiger partial charge in [0.15, 0.2) is 0 Å². The summed E-state index contributed by atoms with van der Waals surface area (Å²) in [5, 5.41) is 13.0. The molecule has 4 amide bonds. The maximum Gasteiger partial charge on any atom is 0.221 e. The van der Waals surface area contributed by atoms with Crippen molar-refractivity contribution in [3.63, 3.8) is 0 Å². The van der Waals surface area contributed by atoms with Crippen molar-refractivity contribution in [2.24, 2.45) is 0 Å². The van der Waals surface area contributed by atoms with Gasteiger partial charge in [-0.2, -0.15) is 0 Å². The van der Waals surface area contributed by atoms with Crippen LogP contribution in [0.4, 0.5) is 45.5 Å². The molecule has 0 saturated heterocycles. The van der Waals surface area contributed by atoms with Gasteiger partial charge in [-0.15, -0.1) is 0 Å². The van der Waals surface area contributed by atoms with Crippen LogP contribution >= 0.6 is 47.0 Å². The van der Waals surface area contributed by atoms with Gasteiger partial charge in [0.2, 0.25) is 23.6 Å². The lowest BCUT2D eigenvalue weighted by Crippen LogP contribution is -2.36. The zero-order valence-corrected chi connectivity index (χ0v) is 56.7. The second-order valence-corrected chi connectivity index (χ2v) is 28.3. The minimum Gasteiger partial charge on any atom is -0.356 e. The molecule has 14 nitrogen and oxygen atoms in total. The highest BCUT2D eigenvalue weighted by Gasteiger charge is 2.28. The fraction of sp³-hybridized carbons (Fsp3) is 0.316. The number of carbonyl (C=O) groups excluding carboxylic acids is 4. The molecule has 94 heavy (non-hydrogen) atoms. The first-order valence-electron chi connectivity index (χ1n) is 33.3. The van der Waals surface area contributed by atoms with Gasteiger partial charge in [0.1, 0.15) is 0 Å². The maximum absolute atomic E-state index is 13.5. The number of benzene rings is 8. The first-order chi connectivity index (χ1) is 46.3. The van der Waals surface area contributed by atoms with E-state index in [0.717, 1.165) is 123 Å². The van der Waals surface area contributed by atoms with E-state index in [2.05, 4.69) is 245 Å². The van der Waals surface area contributed by atoms with Crippen LogP contribution < -0.4 is 40.9 Å². The summed E-state index contributed by atoms with van der Waals surface area (Å²) in [6.45, 7) is 9.71. The Hall–Kier alpha value is -7.84. The molecule has 4 aliphatic rings. The third kappa shape index (κ3) is 17.3. The van der Waals surface area contributed by atoms with E-state index in [-0.39, 0.29) is 23.6 Å². The Morgan fingerprint density at radius 2 is 0.426 bits per heavy atom. The van der Waals surface area contributed by atoms with Gasteiger partial charge < -0.3 is 50.7 Å². The molecule has 0 atom stereocenters. The molecule has 4 heterocycles. The standard InChI is InChI=1S/C76H84N10O4S4/c87-73(39-53-83-57-23-1-9-31-65(57)91-66-32-10-2-24-58(66)83)77-43-19-49-81(50-20-44-78-74(88)40-54-84-59-25-3-11-33-67(59)92-68-34-12-4-26-60(68)84)47-17-18-48-82(51-21-45-79-75(89)41-55-85-61-27-5-13-35-69(61)93-70-36-14-6-28-62(70)85)52-22-46-80-76(90)42-56-86-63-29-7-15-37-71(63)94-72-38-16-8-30-64(72)86/h1-16,23-38H,17-22,39-56H2,(H,77,87)(H,78,88)(H,79,89)(H,80,90). The predicted octanol–water partition coefficient (Wildman–Crippen LogP) is 15.2. The van der Waals surface area contributed by atoms with Gasteiger partial charge in [0, 0.05) is 117 Å². The largest absolute Gasteiger partial charge is 0.356 e. The molecule has 0 aliphatic carbocycles. The Morgan fingerprint density at radius 1 is 0.255 bits per heavy atom. The van der Waals surface area contributed by atoms with Gasteiger partial charge >= 0.3 is 0 Å². The molecule has 0 aromatic heterocycles. The predicted molar refractivity (Wildman–Crippen MR) is 387 cm³/mol. The van der Waals surface area contributed by atoms with Crippen molar-refractivity contribution >= 4 is 116 Å². The highest BCUT2D eigenvalue weighted by molar-refractivity contribution is 8.00. The van der Waals surface area contributed by atoms with Crippen molar-refractivity contribution in [3.8, 4) is 0 Å². The number of hydrogen-bond acceptors (Lipinski definition) is 14. The Bertz CT molecular complexity index is 3220. The van der Waals surface area contributed by atoms with Crippen LogP contribution in [-0.4, -0.2) is 125 Å². The van der Waals surface area contributed by atoms with Crippen LogP contribution in [0.3, 0.4) is 0 Å². The van der Waals surface area contributed by atoms with E-state index < -0.39 is 0 Å². The van der Waals surface area contributed by atoms with Crippen molar-refractivity contribution in [1.82, 2.24) is 31.1 Å². The van der Waals surface area contributed by atoms with E-state index >= 15 is 0 Å². The number of amides is 4. The molecule has 486 valence electrons. The van der Waals surface area contributed by atoms with Crippen LogP contribution in [0.1, 0.15) is 64.2 Å². The minimum absolute atomic E-state index is 0.0417. The molecule has 4 N–H and O–H groups in total. The summed E-state index contributed by atoms with van der Waals surface area (Å²) in [6, 6.07) is 67.3. The topological polar surface area (TPSA) is 136 Å². The average molecular weight is 1330 g/mol. The lowest BCUT2D eigenvalue weighted by atomic mass is 10.2. The summed E-state index contributed by atoms with van der Waals surface area (Å²) in [6.07, 6.45) is 6.70. The van der Waals surface area contributed by atoms with Crippen LogP contribution in [0.25, 0.3) is 0 Å². The Balaban J connectivity index is 0.637. The van der Waals surface area contributed by atoms with Gasteiger partial charge in [-0.1, -0.05) is 144 Å². The summed E-state index contributed by atoms with van der Waals surface area (Å²) in [5.74, 6) is 0.167. The summed E-state index contributed by atoms with van der Waals surface area (Å²) in [7, 11) is 0. The summed E-state index contributed by atoms with van der Waals surface area (Å²) < 4.78 is 0. The van der Waals surface area contributed by atoms with Crippen molar-refractivity contribution < 1.29 is 19.2 Å². The van der Waals surface area contributed by atoms with Gasteiger partial charge in [0.05, 0.1) is 45.5 Å². The number of nitrogens with zero attached hydrogens (tertiary/aromatic N) is 6. The van der Waals surface area contributed by atoms with E-state index in [1.54, 1.807) is 47.0 Å². The number of rotatable bonds is 33. The van der Waals surface area contributed by atoms with Crippen molar-refractivity contribution in [2.75, 3.05) is 111 Å². The first kappa shape index (κ1) is 66.2. The quantitative estimate of drug-likeness (QED) is 0.0291. The maximum atomic E-state index is 13.5. The zero-order chi connectivity index (χ0) is 64.3. The Morgan fingerprint density at radius 3 is 0.617 bits per heavy atom. The molecule has 0 bridgehead atoms. The third-order valence-electron chi connectivity index (χ3n) is 17.5. The van der Waals surface area contributed by atoms with Gasteiger partial charge in [-0.05, 0) is 175 Å². The first-order valence-corrected chi connectivity index (χ1v) is 36.6. The van der Waals surface area contributed by atoms with Crippen LogP contribution in [0, 0.1) is 0 Å². The Kier molecular flexibility index (Phi) is 23.6. The number of fused-ring (bicyclic) bond motifs is 8. The molecule has 0 fully saturated rings. The van der Waals surface area contributed by atoms with Crippen LogP contribution in [-0.2, 0) is 19.2 Å². The van der Waals surface area contributed by atoms with Crippen LogP contribution in [0.5, 0.6) is 0 Å². The highest BCUT2D eigenvalue weighted by Crippen LogP contribution is 2.51. The smallest absolute Gasteiger partial charge is 0.221 e. The van der Waals surface area contributed by atoms with Gasteiger partial charge in [0.25, 0.3) is 0 Å². The lowest BCUT2D eigenvalue weighted by Gasteiger charge is -2.32. The normalized spacial score (nSPS) is 13.2. The molecule has 0 saturated carbocycles. The fourth-order valence-corrected chi connectivity index (χ4v) is 17.1. The molecular weight excluding hydrogens is 1250 g/mol. The summed E-state index contributed by atoms with van der Waals surface area (Å²) in [4.78, 5) is 77.7. The second-order valence-electron chi connectivity index (χ2n) is 24.0. The average Bonchev–Trinajstić information content (AvgIpc) is 1.26. The van der Waals surface area contributed by atoms with E-state index in [9.17, 15) is 19.2 Å². The Labute approximate surface area is 571 Å². The number of nitrogens with one attached hydrogen (secondary N) is 4. The van der Waals surface area contributed by atoms with E-state index in [4.69, 9.17) is 0 Å². The number of carbonyl (C=O) groups is 4. The zero-order valence-electron chi connectivity index (χ0n) is 53.4. The molecular formula is C76H84N10O4S4. The van der Waals surface area contributed by atoms with Gasteiger partial charge in [-0.3, -0.25) is 19.2 Å². The molecule has 4 aliphatic heterocycles. The molecule has 8 aromatic rings. The van der Waals surface area contributed by atoms with Crippen LogP contribution in [0.2, 0.25) is 0 Å². The molecule has 18 heteroatoms. The SMILES string of the molecule is O=C(CCN1c2ccccc2Sc2ccccc21)NCCCN(CCCCN(CCCNC(=O)CCN1c2ccccc2Sc2ccccc21)CCCNC(=O)CCN1c2ccccc2Sc2ccccc21)CCCNC(=O)CCN1c2ccccc2Sc2ccccc21. The van der Waals surface area contributed by atoms with Crippen molar-refractivity contribution in [1.29, 1.82) is 0 Å². The molecule has 0 spiro atoms. The van der Waals surface area contributed by atoms with E-state index in [1.807, 2.05) is 0 Å². The molecule has 0 unspecified atom stereocenters. The number of para-hydroxylation sites is 8. The van der Waals surface area contributed by atoms with Gasteiger partial charge in [-0.25, -0.2) is 0 Å². The third-order valence-corrected chi connectivity index (χ3v) is 22.0. The minimum atomic E-state index is 0.0417. The number of anilines is 8. The van der Waals surface area contributed by atoms with Crippen molar-refractivity contribution in [3.05, 3.63) is 194 Å². The van der Waals surface area contributed by atoms with E-state index in [0.29, 0.717) is 78.0 Å². The molecule has 8 aromatic carbocycles. The van der Waals surface area contributed by atoms with Crippen molar-refractivity contribution in [2.45, 2.75) is 103 Å². The fourth-order valence-electron chi connectivity index (χ4n) is 12.8. The van der Waals surface area contributed by atoms with E-state index in [1.165, 1.54) is 39.2 Å². The highest BCUT2D eigenvalue weighted by atomic mass is 32.2. The summed E-state index contributed by atoms with van der Waals surface area (Å²) >= 11 is 7.09. The summed E-state index contributed by atoms with van der Waals surface area (Å²) in [5.41, 5.74) is 9.07.